The molecule has 98 valence electrons. The van der Waals surface area contributed by atoms with Crippen LogP contribution in [0.25, 0.3) is 0 Å². The second-order valence-electron chi connectivity index (χ2n) is 5.09. The molecule has 1 aliphatic rings. The van der Waals surface area contributed by atoms with Gasteiger partial charge in [-0.05, 0) is 50.9 Å². The SMILES string of the molecule is Cc1cccc(CN2CCC(CC(=O)O)CC2)n1. The molecular weight excluding hydrogens is 228 g/mol. The van der Waals surface area contributed by atoms with Gasteiger partial charge >= 0.3 is 5.97 Å². The van der Waals surface area contributed by atoms with E-state index in [0.29, 0.717) is 12.3 Å². The van der Waals surface area contributed by atoms with E-state index in [1.165, 1.54) is 0 Å². The van der Waals surface area contributed by atoms with Crippen LogP contribution in [-0.2, 0) is 11.3 Å². The topological polar surface area (TPSA) is 53.4 Å². The summed E-state index contributed by atoms with van der Waals surface area (Å²) in [6.45, 7) is 4.84. The Kier molecular flexibility index (Phi) is 4.31. The van der Waals surface area contributed by atoms with Crippen molar-refractivity contribution in [3.05, 3.63) is 29.6 Å². The third-order valence-electron chi connectivity index (χ3n) is 3.50. The number of carboxylic acid groups (broad SMARTS) is 1. The fraction of sp³-hybridized carbons (Fsp3) is 0.571. The molecule has 1 aromatic heterocycles. The molecule has 4 nitrogen and oxygen atoms in total. The van der Waals surface area contributed by atoms with E-state index in [1.807, 2.05) is 19.1 Å². The number of piperidine rings is 1. The average Bonchev–Trinajstić information content (AvgIpc) is 2.31. The van der Waals surface area contributed by atoms with Crippen LogP contribution in [0.1, 0.15) is 30.7 Å². The largest absolute Gasteiger partial charge is 0.481 e. The van der Waals surface area contributed by atoms with Crippen molar-refractivity contribution >= 4 is 5.97 Å². The van der Waals surface area contributed by atoms with Gasteiger partial charge in [-0.25, -0.2) is 0 Å². The number of aliphatic carboxylic acids is 1. The molecule has 0 aromatic carbocycles. The van der Waals surface area contributed by atoms with Crippen LogP contribution in [-0.4, -0.2) is 34.0 Å². The van der Waals surface area contributed by atoms with E-state index in [0.717, 1.165) is 43.9 Å². The Balaban J connectivity index is 1.81. The Bertz CT molecular complexity index is 412. The van der Waals surface area contributed by atoms with E-state index < -0.39 is 5.97 Å². The molecule has 0 unspecified atom stereocenters. The molecule has 0 amide bonds. The zero-order valence-electron chi connectivity index (χ0n) is 10.8. The summed E-state index contributed by atoms with van der Waals surface area (Å²) in [5.74, 6) is -0.321. The first-order valence-corrected chi connectivity index (χ1v) is 6.50. The van der Waals surface area contributed by atoms with Gasteiger partial charge in [-0.2, -0.15) is 0 Å². The molecule has 4 heteroatoms. The molecule has 0 atom stereocenters. The smallest absolute Gasteiger partial charge is 0.303 e. The fourth-order valence-corrected chi connectivity index (χ4v) is 2.51. The van der Waals surface area contributed by atoms with Crippen molar-refractivity contribution in [1.29, 1.82) is 0 Å². The van der Waals surface area contributed by atoms with Crippen molar-refractivity contribution in [1.82, 2.24) is 9.88 Å². The molecule has 0 bridgehead atoms. The summed E-state index contributed by atoms with van der Waals surface area (Å²) in [5.41, 5.74) is 2.15. The van der Waals surface area contributed by atoms with Crippen molar-refractivity contribution < 1.29 is 9.90 Å². The third kappa shape index (κ3) is 3.81. The number of nitrogens with zero attached hydrogens (tertiary/aromatic N) is 2. The standard InChI is InChI=1S/C14H20N2O2/c1-11-3-2-4-13(15-11)10-16-7-5-12(6-8-16)9-14(17)18/h2-4,12H,5-10H2,1H3,(H,17,18). The van der Waals surface area contributed by atoms with Crippen LogP contribution in [0.2, 0.25) is 0 Å². The Morgan fingerprint density at radius 3 is 2.78 bits per heavy atom. The number of hydrogen-bond acceptors (Lipinski definition) is 3. The highest BCUT2D eigenvalue weighted by Crippen LogP contribution is 2.21. The molecule has 2 heterocycles. The molecule has 0 spiro atoms. The van der Waals surface area contributed by atoms with Crippen LogP contribution < -0.4 is 0 Å². The molecule has 0 saturated carbocycles. The minimum Gasteiger partial charge on any atom is -0.481 e. The minimum atomic E-state index is -0.672. The molecular formula is C14H20N2O2. The van der Waals surface area contributed by atoms with Crippen LogP contribution in [0.3, 0.4) is 0 Å². The molecule has 1 saturated heterocycles. The predicted octanol–water partition coefficient (Wildman–Crippen LogP) is 2.08. The maximum Gasteiger partial charge on any atom is 0.303 e. The number of hydrogen-bond donors (Lipinski definition) is 1. The van der Waals surface area contributed by atoms with Crippen molar-refractivity contribution in [2.45, 2.75) is 32.7 Å². The summed E-state index contributed by atoms with van der Waals surface area (Å²) < 4.78 is 0. The lowest BCUT2D eigenvalue weighted by Gasteiger charge is -2.31. The van der Waals surface area contributed by atoms with E-state index in [1.54, 1.807) is 0 Å². The molecule has 18 heavy (non-hydrogen) atoms. The number of carbonyl (C=O) groups is 1. The van der Waals surface area contributed by atoms with Crippen molar-refractivity contribution in [3.63, 3.8) is 0 Å². The normalized spacial score (nSPS) is 17.8. The summed E-state index contributed by atoms with van der Waals surface area (Å²) in [4.78, 5) is 17.5. The Labute approximate surface area is 108 Å². The highest BCUT2D eigenvalue weighted by molar-refractivity contribution is 5.67. The zero-order valence-corrected chi connectivity index (χ0v) is 10.8. The van der Waals surface area contributed by atoms with Gasteiger partial charge in [0.05, 0.1) is 5.69 Å². The summed E-state index contributed by atoms with van der Waals surface area (Å²) >= 11 is 0. The van der Waals surface area contributed by atoms with E-state index in [-0.39, 0.29) is 0 Å². The zero-order chi connectivity index (χ0) is 13.0. The van der Waals surface area contributed by atoms with Gasteiger partial charge in [-0.3, -0.25) is 14.7 Å². The molecule has 1 aromatic rings. The van der Waals surface area contributed by atoms with Crippen LogP contribution in [0.15, 0.2) is 18.2 Å². The fourth-order valence-electron chi connectivity index (χ4n) is 2.51. The first-order valence-electron chi connectivity index (χ1n) is 6.50. The summed E-state index contributed by atoms with van der Waals surface area (Å²) in [6.07, 6.45) is 2.28. The number of likely N-dealkylation sites (tertiary alicyclic amines) is 1. The van der Waals surface area contributed by atoms with Gasteiger partial charge in [0.2, 0.25) is 0 Å². The van der Waals surface area contributed by atoms with Crippen molar-refractivity contribution in [3.8, 4) is 0 Å². The molecule has 2 rings (SSSR count). The first kappa shape index (κ1) is 13.0. The minimum absolute atomic E-state index is 0.316. The highest BCUT2D eigenvalue weighted by Gasteiger charge is 2.21. The van der Waals surface area contributed by atoms with E-state index in [4.69, 9.17) is 5.11 Å². The summed E-state index contributed by atoms with van der Waals surface area (Å²) in [6, 6.07) is 6.09. The number of aromatic nitrogens is 1. The highest BCUT2D eigenvalue weighted by atomic mass is 16.4. The lowest BCUT2D eigenvalue weighted by atomic mass is 9.93. The second-order valence-corrected chi connectivity index (χ2v) is 5.09. The lowest BCUT2D eigenvalue weighted by molar-refractivity contribution is -0.138. The van der Waals surface area contributed by atoms with Crippen LogP contribution in [0, 0.1) is 12.8 Å². The van der Waals surface area contributed by atoms with Crippen LogP contribution in [0.4, 0.5) is 0 Å². The van der Waals surface area contributed by atoms with Gasteiger partial charge in [0.1, 0.15) is 0 Å². The van der Waals surface area contributed by atoms with Gasteiger partial charge in [0.15, 0.2) is 0 Å². The molecule has 0 aliphatic carbocycles. The molecule has 1 fully saturated rings. The number of carboxylic acids is 1. The van der Waals surface area contributed by atoms with Crippen molar-refractivity contribution in [2.24, 2.45) is 5.92 Å². The van der Waals surface area contributed by atoms with Gasteiger partial charge in [-0.1, -0.05) is 6.07 Å². The number of pyridine rings is 1. The van der Waals surface area contributed by atoms with Gasteiger partial charge < -0.3 is 5.11 Å². The number of aryl methyl sites for hydroxylation is 1. The van der Waals surface area contributed by atoms with E-state index >= 15 is 0 Å². The molecule has 1 aliphatic heterocycles. The quantitative estimate of drug-likeness (QED) is 0.886. The Hall–Kier alpha value is -1.42. The maximum atomic E-state index is 10.7. The van der Waals surface area contributed by atoms with Gasteiger partial charge in [0, 0.05) is 18.7 Å². The third-order valence-corrected chi connectivity index (χ3v) is 3.50. The monoisotopic (exact) mass is 248 g/mol. The Morgan fingerprint density at radius 1 is 1.44 bits per heavy atom. The molecule has 1 N–H and O–H groups in total. The van der Waals surface area contributed by atoms with Crippen LogP contribution in [0.5, 0.6) is 0 Å². The summed E-state index contributed by atoms with van der Waals surface area (Å²) in [5, 5.41) is 8.77. The van der Waals surface area contributed by atoms with Crippen molar-refractivity contribution in [2.75, 3.05) is 13.1 Å². The first-order chi connectivity index (χ1) is 8.63. The van der Waals surface area contributed by atoms with Gasteiger partial charge in [-0.15, -0.1) is 0 Å². The second kappa shape index (κ2) is 5.96. The van der Waals surface area contributed by atoms with Crippen LogP contribution >= 0.6 is 0 Å². The number of rotatable bonds is 4. The maximum absolute atomic E-state index is 10.7. The lowest BCUT2D eigenvalue weighted by Crippen LogP contribution is -2.34. The predicted molar refractivity (Wildman–Crippen MR) is 69.2 cm³/mol. The average molecular weight is 248 g/mol. The molecule has 0 radical (unpaired) electrons. The van der Waals surface area contributed by atoms with E-state index in [2.05, 4.69) is 16.0 Å². The summed E-state index contributed by atoms with van der Waals surface area (Å²) in [7, 11) is 0. The van der Waals surface area contributed by atoms with E-state index in [9.17, 15) is 4.79 Å². The van der Waals surface area contributed by atoms with Gasteiger partial charge in [0.25, 0.3) is 0 Å². The Morgan fingerprint density at radius 2 is 2.17 bits per heavy atom.